The van der Waals surface area contributed by atoms with Crippen LogP contribution in [0.3, 0.4) is 0 Å². The molecule has 0 radical (unpaired) electrons. The van der Waals surface area contributed by atoms with Crippen molar-refractivity contribution in [3.63, 3.8) is 0 Å². The van der Waals surface area contributed by atoms with Crippen LogP contribution in [0.2, 0.25) is 0 Å². The lowest BCUT2D eigenvalue weighted by atomic mass is 10.3. The number of nitrogen functional groups attached to an aromatic ring is 1. The molecule has 1 aromatic carbocycles. The molecule has 0 fully saturated rings. The van der Waals surface area contributed by atoms with Crippen molar-refractivity contribution >= 4 is 33.4 Å². The first-order chi connectivity index (χ1) is 8.60. The van der Waals surface area contributed by atoms with Crippen LogP contribution in [0.5, 0.6) is 5.75 Å². The fourth-order valence-electron chi connectivity index (χ4n) is 1.46. The summed E-state index contributed by atoms with van der Waals surface area (Å²) in [6.07, 6.45) is 1.68. The average Bonchev–Trinajstić information content (AvgIpc) is 2.34. The van der Waals surface area contributed by atoms with Crippen LogP contribution in [-0.2, 0) is 0 Å². The van der Waals surface area contributed by atoms with E-state index in [1.165, 1.54) is 0 Å². The number of methoxy groups -OCH3 is 1. The second-order valence-electron chi connectivity index (χ2n) is 3.73. The van der Waals surface area contributed by atoms with Gasteiger partial charge in [0.2, 0.25) is 5.95 Å². The van der Waals surface area contributed by atoms with E-state index in [0.29, 0.717) is 5.82 Å². The molecule has 0 spiro atoms. The summed E-state index contributed by atoms with van der Waals surface area (Å²) in [5, 5.41) is 3.19. The zero-order valence-electron chi connectivity index (χ0n) is 10.1. The third-order valence-corrected chi connectivity index (χ3v) is 3.02. The van der Waals surface area contributed by atoms with Gasteiger partial charge in [-0.1, -0.05) is 0 Å². The SMILES string of the molecule is COc1ccc(Nc2nc(N)ncc2C)cc1Br. The molecule has 0 unspecified atom stereocenters. The minimum atomic E-state index is 0.246. The Morgan fingerprint density at radius 1 is 1.39 bits per heavy atom. The Morgan fingerprint density at radius 3 is 2.83 bits per heavy atom. The van der Waals surface area contributed by atoms with Gasteiger partial charge in [-0.15, -0.1) is 0 Å². The number of ether oxygens (including phenoxy) is 1. The summed E-state index contributed by atoms with van der Waals surface area (Å²) in [6, 6.07) is 5.68. The molecule has 94 valence electrons. The first-order valence-electron chi connectivity index (χ1n) is 5.30. The normalized spacial score (nSPS) is 10.2. The predicted octanol–water partition coefficient (Wildman–Crippen LogP) is 2.88. The number of halogens is 1. The molecule has 0 saturated carbocycles. The lowest BCUT2D eigenvalue weighted by Gasteiger charge is -2.10. The van der Waals surface area contributed by atoms with Crippen LogP contribution in [0.4, 0.5) is 17.5 Å². The Labute approximate surface area is 114 Å². The van der Waals surface area contributed by atoms with Gasteiger partial charge in [0.05, 0.1) is 11.6 Å². The van der Waals surface area contributed by atoms with Gasteiger partial charge in [-0.2, -0.15) is 4.98 Å². The maximum absolute atomic E-state index is 5.57. The van der Waals surface area contributed by atoms with E-state index in [-0.39, 0.29) is 5.95 Å². The molecule has 0 aliphatic rings. The second kappa shape index (κ2) is 5.22. The number of nitrogens with two attached hydrogens (primary N) is 1. The van der Waals surface area contributed by atoms with Crippen molar-refractivity contribution in [2.24, 2.45) is 0 Å². The van der Waals surface area contributed by atoms with E-state index < -0.39 is 0 Å². The Hall–Kier alpha value is -1.82. The molecule has 2 aromatic rings. The molecule has 0 bridgehead atoms. The van der Waals surface area contributed by atoms with Crippen LogP contribution in [0.1, 0.15) is 5.56 Å². The third-order valence-electron chi connectivity index (χ3n) is 2.40. The predicted molar refractivity (Wildman–Crippen MR) is 75.2 cm³/mol. The molecular weight excluding hydrogens is 296 g/mol. The Balaban J connectivity index is 2.28. The third kappa shape index (κ3) is 2.70. The molecule has 0 saturated heterocycles. The quantitative estimate of drug-likeness (QED) is 0.912. The van der Waals surface area contributed by atoms with Gasteiger partial charge < -0.3 is 15.8 Å². The molecule has 2 rings (SSSR count). The summed E-state index contributed by atoms with van der Waals surface area (Å²) in [4.78, 5) is 8.07. The average molecular weight is 309 g/mol. The van der Waals surface area contributed by atoms with Crippen LogP contribution < -0.4 is 15.8 Å². The van der Waals surface area contributed by atoms with Crippen LogP contribution in [0, 0.1) is 6.92 Å². The topological polar surface area (TPSA) is 73.1 Å². The number of hydrogen-bond acceptors (Lipinski definition) is 5. The summed E-state index contributed by atoms with van der Waals surface area (Å²) >= 11 is 3.43. The van der Waals surface area contributed by atoms with Gasteiger partial charge in [0, 0.05) is 17.4 Å². The van der Waals surface area contributed by atoms with Gasteiger partial charge in [-0.05, 0) is 41.1 Å². The fourth-order valence-corrected chi connectivity index (χ4v) is 2.00. The molecule has 1 heterocycles. The van der Waals surface area contributed by atoms with Crippen LogP contribution in [0.15, 0.2) is 28.9 Å². The zero-order valence-corrected chi connectivity index (χ0v) is 11.7. The molecule has 3 N–H and O–H groups in total. The van der Waals surface area contributed by atoms with Crippen molar-refractivity contribution in [1.82, 2.24) is 9.97 Å². The van der Waals surface area contributed by atoms with Gasteiger partial charge in [0.1, 0.15) is 11.6 Å². The van der Waals surface area contributed by atoms with Crippen LogP contribution >= 0.6 is 15.9 Å². The van der Waals surface area contributed by atoms with Gasteiger partial charge in [0.25, 0.3) is 0 Å². The standard InChI is InChI=1S/C12H13BrN4O/c1-7-6-15-12(14)17-11(7)16-8-3-4-10(18-2)9(13)5-8/h3-6H,1-2H3,(H3,14,15,16,17). The summed E-state index contributed by atoms with van der Waals surface area (Å²) in [5.41, 5.74) is 7.38. The molecular formula is C12H13BrN4O. The summed E-state index contributed by atoms with van der Waals surface area (Å²) in [6.45, 7) is 1.92. The van der Waals surface area contributed by atoms with Gasteiger partial charge in [0.15, 0.2) is 0 Å². The van der Waals surface area contributed by atoms with E-state index in [1.54, 1.807) is 13.3 Å². The van der Waals surface area contributed by atoms with Crippen molar-refractivity contribution in [3.05, 3.63) is 34.4 Å². The molecule has 1 aromatic heterocycles. The van der Waals surface area contributed by atoms with Crippen molar-refractivity contribution in [3.8, 4) is 5.75 Å². The summed E-state index contributed by atoms with van der Waals surface area (Å²) in [5.74, 6) is 1.72. The lowest BCUT2D eigenvalue weighted by Crippen LogP contribution is -2.02. The molecule has 0 amide bonds. The van der Waals surface area contributed by atoms with Crippen LogP contribution in [0.25, 0.3) is 0 Å². The van der Waals surface area contributed by atoms with E-state index >= 15 is 0 Å². The highest BCUT2D eigenvalue weighted by molar-refractivity contribution is 9.10. The molecule has 18 heavy (non-hydrogen) atoms. The van der Waals surface area contributed by atoms with E-state index in [1.807, 2.05) is 25.1 Å². The number of rotatable bonds is 3. The van der Waals surface area contributed by atoms with E-state index in [2.05, 4.69) is 31.2 Å². The number of nitrogens with one attached hydrogen (secondary N) is 1. The molecule has 5 nitrogen and oxygen atoms in total. The maximum Gasteiger partial charge on any atom is 0.221 e. The smallest absolute Gasteiger partial charge is 0.221 e. The van der Waals surface area contributed by atoms with Gasteiger partial charge in [-0.25, -0.2) is 4.98 Å². The first-order valence-corrected chi connectivity index (χ1v) is 6.09. The highest BCUT2D eigenvalue weighted by atomic mass is 79.9. The first kappa shape index (κ1) is 12.6. The summed E-state index contributed by atoms with van der Waals surface area (Å²) < 4.78 is 6.04. The fraction of sp³-hybridized carbons (Fsp3) is 0.167. The Kier molecular flexibility index (Phi) is 3.66. The van der Waals surface area contributed by atoms with Crippen LogP contribution in [-0.4, -0.2) is 17.1 Å². The molecule has 0 aliphatic heterocycles. The monoisotopic (exact) mass is 308 g/mol. The molecule has 6 heteroatoms. The van der Waals surface area contributed by atoms with E-state index in [0.717, 1.165) is 21.5 Å². The number of aryl methyl sites for hydroxylation is 1. The van der Waals surface area contributed by atoms with Crippen molar-refractivity contribution in [2.75, 3.05) is 18.2 Å². The maximum atomic E-state index is 5.57. The number of benzene rings is 1. The number of hydrogen-bond donors (Lipinski definition) is 2. The van der Waals surface area contributed by atoms with Crippen molar-refractivity contribution < 1.29 is 4.74 Å². The second-order valence-corrected chi connectivity index (χ2v) is 4.59. The highest BCUT2D eigenvalue weighted by Crippen LogP contribution is 2.29. The van der Waals surface area contributed by atoms with E-state index in [9.17, 15) is 0 Å². The Morgan fingerprint density at radius 2 is 2.17 bits per heavy atom. The largest absolute Gasteiger partial charge is 0.496 e. The number of aromatic nitrogens is 2. The minimum Gasteiger partial charge on any atom is -0.496 e. The molecule has 0 aliphatic carbocycles. The number of nitrogens with zero attached hydrogens (tertiary/aromatic N) is 2. The van der Waals surface area contributed by atoms with Crippen molar-refractivity contribution in [2.45, 2.75) is 6.92 Å². The van der Waals surface area contributed by atoms with Gasteiger partial charge in [-0.3, -0.25) is 0 Å². The Bertz CT molecular complexity index is 574. The zero-order chi connectivity index (χ0) is 13.1. The summed E-state index contributed by atoms with van der Waals surface area (Å²) in [7, 11) is 1.63. The minimum absolute atomic E-state index is 0.246. The lowest BCUT2D eigenvalue weighted by molar-refractivity contribution is 0.412. The highest BCUT2D eigenvalue weighted by Gasteiger charge is 2.05. The number of anilines is 3. The van der Waals surface area contributed by atoms with Crippen molar-refractivity contribution in [1.29, 1.82) is 0 Å². The van der Waals surface area contributed by atoms with E-state index in [4.69, 9.17) is 10.5 Å². The van der Waals surface area contributed by atoms with Gasteiger partial charge >= 0.3 is 0 Å². The molecule has 0 atom stereocenters.